The van der Waals surface area contributed by atoms with Crippen LogP contribution in [0.2, 0.25) is 0 Å². The number of hydrogen-bond donors (Lipinski definition) is 1. The van der Waals surface area contributed by atoms with E-state index in [0.29, 0.717) is 30.4 Å². The molecule has 31 heavy (non-hydrogen) atoms. The Labute approximate surface area is 178 Å². The minimum Gasteiger partial charge on any atom is -0.486 e. The van der Waals surface area contributed by atoms with Crippen LogP contribution in [-0.4, -0.2) is 23.7 Å². The fraction of sp³-hybridized carbons (Fsp3) is 0.300. The molecule has 0 fully saturated rings. The number of carbonyl (C=O) groups excluding carboxylic acids is 1. The summed E-state index contributed by atoms with van der Waals surface area (Å²) in [4.78, 5) is 24.6. The average molecular weight is 454 g/mol. The Hall–Kier alpha value is -3.21. The van der Waals surface area contributed by atoms with Crippen molar-refractivity contribution in [1.29, 1.82) is 0 Å². The van der Waals surface area contributed by atoms with E-state index in [1.165, 1.54) is 4.57 Å². The largest absolute Gasteiger partial charge is 0.486 e. The van der Waals surface area contributed by atoms with Crippen molar-refractivity contribution < 1.29 is 31.9 Å². The fourth-order valence-corrected chi connectivity index (χ4v) is 4.01. The predicted octanol–water partition coefficient (Wildman–Crippen LogP) is 3.58. The Morgan fingerprint density at radius 3 is 2.61 bits per heavy atom. The van der Waals surface area contributed by atoms with Crippen LogP contribution in [0.1, 0.15) is 32.4 Å². The molecule has 1 N–H and O–H groups in total. The minimum atomic E-state index is -4.61. The van der Waals surface area contributed by atoms with Gasteiger partial charge in [0.2, 0.25) is 5.76 Å². The number of benzene rings is 1. The topological polar surface area (TPSA) is 82.7 Å². The van der Waals surface area contributed by atoms with Crippen LogP contribution in [0.25, 0.3) is 0 Å². The number of nitrogens with zero attached hydrogens (tertiary/aromatic N) is 1. The van der Waals surface area contributed by atoms with Gasteiger partial charge in [-0.15, -0.1) is 0 Å². The molecule has 11 heteroatoms. The molecule has 0 saturated heterocycles. The summed E-state index contributed by atoms with van der Waals surface area (Å²) in [5.74, 6) is -0.385. The number of halogens is 3. The lowest BCUT2D eigenvalue weighted by Crippen LogP contribution is -2.23. The number of hydrogen-bond acceptors (Lipinski definition) is 6. The van der Waals surface area contributed by atoms with Gasteiger partial charge >= 0.3 is 11.0 Å². The Bertz CT molecular complexity index is 1180. The molecule has 1 aromatic carbocycles. The van der Waals surface area contributed by atoms with Crippen molar-refractivity contribution in [1.82, 2.24) is 9.88 Å². The normalized spacial score (nSPS) is 13.3. The molecular weight excluding hydrogens is 437 g/mol. The molecule has 0 aliphatic carbocycles. The van der Waals surface area contributed by atoms with E-state index < -0.39 is 22.7 Å². The van der Waals surface area contributed by atoms with Crippen LogP contribution in [0, 0.1) is 6.92 Å². The van der Waals surface area contributed by atoms with Crippen LogP contribution >= 0.6 is 11.3 Å². The Kier molecular flexibility index (Phi) is 5.52. The highest BCUT2D eigenvalue weighted by Gasteiger charge is 2.34. The third kappa shape index (κ3) is 4.46. The second kappa shape index (κ2) is 8.14. The van der Waals surface area contributed by atoms with Crippen molar-refractivity contribution >= 4 is 17.2 Å². The summed E-state index contributed by atoms with van der Waals surface area (Å²) in [5, 5.41) is 2.74. The molecule has 0 saturated carbocycles. The number of nitrogens with one attached hydrogen (secondary N) is 1. The molecule has 4 rings (SSSR count). The van der Waals surface area contributed by atoms with E-state index in [9.17, 15) is 22.8 Å². The van der Waals surface area contributed by atoms with Gasteiger partial charge in [-0.25, -0.2) is 0 Å². The van der Waals surface area contributed by atoms with E-state index >= 15 is 0 Å². The molecule has 0 spiro atoms. The standard InChI is InChI=1S/C20H17F3N2O5S/c1-11-17(18(26)24-9-12-2-4-14-15(8-12)29-7-6-28-14)31-19(27)25(11)10-13-3-5-16(30-13)20(21,22)23/h2-5,8H,6-7,9-10H2,1H3,(H,24,26). The van der Waals surface area contributed by atoms with Crippen molar-refractivity contribution in [3.05, 3.63) is 67.7 Å². The molecule has 1 amide bonds. The molecule has 1 aliphatic heterocycles. The van der Waals surface area contributed by atoms with Crippen LogP contribution in [0.4, 0.5) is 13.2 Å². The average Bonchev–Trinajstić information content (AvgIpc) is 3.32. The van der Waals surface area contributed by atoms with Gasteiger partial charge in [-0.3, -0.25) is 14.2 Å². The quantitative estimate of drug-likeness (QED) is 0.637. The molecule has 3 aromatic rings. The van der Waals surface area contributed by atoms with E-state index in [1.54, 1.807) is 25.1 Å². The maximum Gasteiger partial charge on any atom is 0.449 e. The van der Waals surface area contributed by atoms with Gasteiger partial charge in [0.05, 0.1) is 6.54 Å². The lowest BCUT2D eigenvalue weighted by Gasteiger charge is -2.18. The van der Waals surface area contributed by atoms with Gasteiger partial charge in [0.25, 0.3) is 5.91 Å². The summed E-state index contributed by atoms with van der Waals surface area (Å²) < 4.78 is 55.1. The van der Waals surface area contributed by atoms with E-state index in [4.69, 9.17) is 13.9 Å². The van der Waals surface area contributed by atoms with Gasteiger partial charge in [0, 0.05) is 12.2 Å². The summed E-state index contributed by atoms with van der Waals surface area (Å²) in [7, 11) is 0. The van der Waals surface area contributed by atoms with Gasteiger partial charge in [-0.2, -0.15) is 13.2 Å². The number of thiazole rings is 1. The van der Waals surface area contributed by atoms with E-state index in [-0.39, 0.29) is 23.7 Å². The summed E-state index contributed by atoms with van der Waals surface area (Å²) in [5.41, 5.74) is 1.14. The van der Waals surface area contributed by atoms with Gasteiger partial charge in [0.15, 0.2) is 11.5 Å². The van der Waals surface area contributed by atoms with E-state index in [2.05, 4.69) is 5.32 Å². The number of fused-ring (bicyclic) bond motifs is 1. The fourth-order valence-electron chi connectivity index (χ4n) is 3.10. The zero-order valence-corrected chi connectivity index (χ0v) is 17.1. The van der Waals surface area contributed by atoms with Crippen molar-refractivity contribution in [2.24, 2.45) is 0 Å². The second-order valence-corrected chi connectivity index (χ2v) is 7.75. The number of rotatable bonds is 5. The lowest BCUT2D eigenvalue weighted by atomic mass is 10.2. The van der Waals surface area contributed by atoms with E-state index in [0.717, 1.165) is 29.0 Å². The first-order chi connectivity index (χ1) is 14.7. The third-order valence-electron chi connectivity index (χ3n) is 4.66. The number of aromatic nitrogens is 1. The maximum absolute atomic E-state index is 12.7. The minimum absolute atomic E-state index is 0.0291. The molecular formula is C20H17F3N2O5S. The molecule has 164 valence electrons. The summed E-state index contributed by atoms with van der Waals surface area (Å²) in [6.45, 7) is 2.49. The lowest BCUT2D eigenvalue weighted by molar-refractivity contribution is -0.153. The van der Waals surface area contributed by atoms with Crippen molar-refractivity contribution in [2.75, 3.05) is 13.2 Å². The second-order valence-electron chi connectivity index (χ2n) is 6.79. The molecule has 0 radical (unpaired) electrons. The highest BCUT2D eigenvalue weighted by atomic mass is 32.1. The first kappa shape index (κ1) is 21.0. The number of alkyl halides is 3. The molecule has 3 heterocycles. The van der Waals surface area contributed by atoms with Gasteiger partial charge < -0.3 is 19.2 Å². The van der Waals surface area contributed by atoms with Crippen LogP contribution in [0.15, 0.2) is 39.5 Å². The molecule has 2 aromatic heterocycles. The molecule has 1 aliphatic rings. The molecule has 7 nitrogen and oxygen atoms in total. The van der Waals surface area contributed by atoms with Crippen molar-refractivity contribution in [3.63, 3.8) is 0 Å². The van der Waals surface area contributed by atoms with E-state index in [1.807, 2.05) is 0 Å². The SMILES string of the molecule is Cc1c(C(=O)NCc2ccc3c(c2)OCCO3)sc(=O)n1Cc1ccc(C(F)(F)F)o1. The van der Waals surface area contributed by atoms with Crippen LogP contribution in [-0.2, 0) is 19.3 Å². The van der Waals surface area contributed by atoms with Gasteiger partial charge in [-0.05, 0) is 36.8 Å². The predicted molar refractivity (Wildman–Crippen MR) is 105 cm³/mol. The summed E-state index contributed by atoms with van der Waals surface area (Å²) in [6, 6.07) is 7.29. The smallest absolute Gasteiger partial charge is 0.449 e. The highest BCUT2D eigenvalue weighted by molar-refractivity contribution is 7.11. The number of carbonyl (C=O) groups is 1. The third-order valence-corrected chi connectivity index (χ3v) is 5.74. The molecule has 0 bridgehead atoms. The first-order valence-electron chi connectivity index (χ1n) is 9.25. The van der Waals surface area contributed by atoms with Crippen molar-refractivity contribution in [3.8, 4) is 11.5 Å². The summed E-state index contributed by atoms with van der Waals surface area (Å²) >= 11 is 0.725. The molecule has 0 unspecified atom stereocenters. The Morgan fingerprint density at radius 1 is 1.16 bits per heavy atom. The number of furan rings is 1. The van der Waals surface area contributed by atoms with Gasteiger partial charge in [0.1, 0.15) is 23.9 Å². The van der Waals surface area contributed by atoms with Crippen molar-refractivity contribution in [2.45, 2.75) is 26.2 Å². The van der Waals surface area contributed by atoms with Crippen LogP contribution in [0.3, 0.4) is 0 Å². The first-order valence-corrected chi connectivity index (χ1v) is 10.1. The zero-order valence-electron chi connectivity index (χ0n) is 16.2. The Morgan fingerprint density at radius 2 is 1.90 bits per heavy atom. The zero-order chi connectivity index (χ0) is 22.2. The molecule has 0 atom stereocenters. The summed E-state index contributed by atoms with van der Waals surface area (Å²) in [6.07, 6.45) is -4.61. The maximum atomic E-state index is 12.7. The monoisotopic (exact) mass is 454 g/mol. The van der Waals surface area contributed by atoms with Crippen LogP contribution < -0.4 is 19.7 Å². The Balaban J connectivity index is 1.46. The number of ether oxygens (including phenoxy) is 2. The highest BCUT2D eigenvalue weighted by Crippen LogP contribution is 2.31. The number of amides is 1. The van der Waals surface area contributed by atoms with Crippen LogP contribution in [0.5, 0.6) is 11.5 Å². The van der Waals surface area contributed by atoms with Gasteiger partial charge in [-0.1, -0.05) is 17.4 Å².